The second-order valence-corrected chi connectivity index (χ2v) is 6.07. The topological polar surface area (TPSA) is 81.8 Å². The smallest absolute Gasteiger partial charge is 0.321 e. The van der Waals surface area contributed by atoms with Gasteiger partial charge in [-0.1, -0.05) is 18.2 Å². The van der Waals surface area contributed by atoms with Gasteiger partial charge in [0.2, 0.25) is 11.8 Å². The van der Waals surface area contributed by atoms with Gasteiger partial charge in [-0.15, -0.1) is 0 Å². The normalized spacial score (nSPS) is 23.8. The first-order chi connectivity index (χ1) is 11.0. The van der Waals surface area contributed by atoms with E-state index in [0.717, 1.165) is 5.69 Å². The molecule has 1 aromatic carbocycles. The zero-order valence-corrected chi connectivity index (χ0v) is 13.0. The summed E-state index contributed by atoms with van der Waals surface area (Å²) in [6.07, 6.45) is 0.662. The summed E-state index contributed by atoms with van der Waals surface area (Å²) in [7, 11) is 0. The van der Waals surface area contributed by atoms with Gasteiger partial charge in [0.1, 0.15) is 6.54 Å². The van der Waals surface area contributed by atoms with E-state index >= 15 is 0 Å². The highest BCUT2D eigenvalue weighted by molar-refractivity contribution is 5.90. The summed E-state index contributed by atoms with van der Waals surface area (Å²) in [5.74, 6) is -0.289. The van der Waals surface area contributed by atoms with Crippen LogP contribution in [0, 0.1) is 0 Å². The van der Waals surface area contributed by atoms with Gasteiger partial charge in [0.15, 0.2) is 0 Å². The van der Waals surface area contributed by atoms with Gasteiger partial charge in [0.25, 0.3) is 0 Å². The average Bonchev–Trinajstić information content (AvgIpc) is 2.96. The molecule has 2 aliphatic heterocycles. The first-order valence-electron chi connectivity index (χ1n) is 7.66. The van der Waals surface area contributed by atoms with Crippen molar-refractivity contribution >= 4 is 23.5 Å². The predicted octanol–water partition coefficient (Wildman–Crippen LogP) is 0.641. The van der Waals surface area contributed by atoms with Gasteiger partial charge in [-0.3, -0.25) is 9.59 Å². The van der Waals surface area contributed by atoms with Crippen LogP contribution in [0.2, 0.25) is 0 Å². The van der Waals surface area contributed by atoms with Gasteiger partial charge in [-0.05, 0) is 18.6 Å². The molecule has 2 N–H and O–H groups in total. The largest absolute Gasteiger partial charge is 0.352 e. The quantitative estimate of drug-likeness (QED) is 0.798. The first kappa shape index (κ1) is 15.3. The number of carbonyl (C=O) groups excluding carboxylic acids is 3. The fraction of sp³-hybridized carbons (Fsp3) is 0.438. The van der Waals surface area contributed by atoms with E-state index in [9.17, 15) is 14.4 Å². The van der Waals surface area contributed by atoms with Crippen molar-refractivity contribution < 1.29 is 14.4 Å². The number of hydrogen-bond acceptors (Lipinski definition) is 3. The molecule has 23 heavy (non-hydrogen) atoms. The predicted molar refractivity (Wildman–Crippen MR) is 84.8 cm³/mol. The van der Waals surface area contributed by atoms with Crippen LogP contribution in [0.1, 0.15) is 13.3 Å². The zero-order valence-electron chi connectivity index (χ0n) is 13.0. The lowest BCUT2D eigenvalue weighted by Crippen LogP contribution is -2.65. The standard InChI is InChI=1S/C16H20N4O3/c1-12(21)20-9-14(22)17-10-16(20)7-8-19(11-16)15(23)18-13-5-3-2-4-6-13/h2-6H,7-11H2,1H3,(H,17,22)(H,18,23). The Morgan fingerprint density at radius 3 is 2.70 bits per heavy atom. The Balaban J connectivity index is 1.70. The maximum absolute atomic E-state index is 12.4. The molecule has 2 aliphatic rings. The van der Waals surface area contributed by atoms with E-state index in [1.807, 2.05) is 30.3 Å². The molecule has 7 nitrogen and oxygen atoms in total. The van der Waals surface area contributed by atoms with Crippen LogP contribution < -0.4 is 10.6 Å². The van der Waals surface area contributed by atoms with E-state index < -0.39 is 5.54 Å². The van der Waals surface area contributed by atoms with E-state index in [-0.39, 0.29) is 24.4 Å². The summed E-state index contributed by atoms with van der Waals surface area (Å²) in [4.78, 5) is 39.2. The Kier molecular flexibility index (Phi) is 3.94. The molecule has 0 bridgehead atoms. The van der Waals surface area contributed by atoms with Crippen LogP contribution in [0.15, 0.2) is 30.3 Å². The fourth-order valence-electron chi connectivity index (χ4n) is 3.29. The summed E-state index contributed by atoms with van der Waals surface area (Å²) in [6.45, 7) is 2.89. The maximum Gasteiger partial charge on any atom is 0.321 e. The molecule has 4 amide bonds. The fourth-order valence-corrected chi connectivity index (χ4v) is 3.29. The number of nitrogens with zero attached hydrogens (tertiary/aromatic N) is 2. The summed E-state index contributed by atoms with van der Waals surface area (Å²) >= 11 is 0. The monoisotopic (exact) mass is 316 g/mol. The summed E-state index contributed by atoms with van der Waals surface area (Å²) in [5, 5.41) is 5.67. The summed E-state index contributed by atoms with van der Waals surface area (Å²) < 4.78 is 0. The molecular weight excluding hydrogens is 296 g/mol. The number of amides is 4. The number of benzene rings is 1. The number of hydrogen-bond donors (Lipinski definition) is 2. The average molecular weight is 316 g/mol. The van der Waals surface area contributed by atoms with Crippen LogP contribution in [0.25, 0.3) is 0 Å². The van der Waals surface area contributed by atoms with Crippen molar-refractivity contribution in [1.29, 1.82) is 0 Å². The minimum atomic E-state index is -0.492. The van der Waals surface area contributed by atoms with Crippen LogP contribution in [0.5, 0.6) is 0 Å². The molecule has 0 aromatic heterocycles. The molecule has 3 rings (SSSR count). The summed E-state index contributed by atoms with van der Waals surface area (Å²) in [5.41, 5.74) is 0.243. The Morgan fingerprint density at radius 2 is 2.00 bits per heavy atom. The molecule has 122 valence electrons. The lowest BCUT2D eigenvalue weighted by atomic mass is 9.93. The number of likely N-dealkylation sites (tertiary alicyclic amines) is 1. The van der Waals surface area contributed by atoms with Gasteiger partial charge in [-0.25, -0.2) is 4.79 Å². The number of rotatable bonds is 1. The minimum Gasteiger partial charge on any atom is -0.352 e. The van der Waals surface area contributed by atoms with Crippen molar-refractivity contribution in [3.05, 3.63) is 30.3 Å². The Hall–Kier alpha value is -2.57. The Labute approximate surface area is 134 Å². The van der Waals surface area contributed by atoms with E-state index in [4.69, 9.17) is 0 Å². The molecule has 2 heterocycles. The second-order valence-electron chi connectivity index (χ2n) is 6.07. The number of urea groups is 1. The van der Waals surface area contributed by atoms with Crippen LogP contribution in [0.4, 0.5) is 10.5 Å². The van der Waals surface area contributed by atoms with Crippen LogP contribution >= 0.6 is 0 Å². The summed E-state index contributed by atoms with van der Waals surface area (Å²) in [6, 6.07) is 9.06. The molecule has 0 radical (unpaired) electrons. The van der Waals surface area contributed by atoms with E-state index in [0.29, 0.717) is 26.1 Å². The third-order valence-corrected chi connectivity index (χ3v) is 4.51. The zero-order chi connectivity index (χ0) is 16.4. The molecule has 1 spiro atoms. The first-order valence-corrected chi connectivity index (χ1v) is 7.66. The van der Waals surface area contributed by atoms with Gasteiger partial charge < -0.3 is 20.4 Å². The van der Waals surface area contributed by atoms with Gasteiger partial charge >= 0.3 is 6.03 Å². The Morgan fingerprint density at radius 1 is 1.26 bits per heavy atom. The van der Waals surface area contributed by atoms with Crippen molar-refractivity contribution in [3.8, 4) is 0 Å². The van der Waals surface area contributed by atoms with E-state index in [1.54, 1.807) is 9.80 Å². The highest BCUT2D eigenvalue weighted by Gasteiger charge is 2.48. The molecule has 1 unspecified atom stereocenters. The van der Waals surface area contributed by atoms with Gasteiger partial charge in [0, 0.05) is 32.2 Å². The van der Waals surface area contributed by atoms with Crippen LogP contribution in [-0.2, 0) is 9.59 Å². The number of anilines is 1. The van der Waals surface area contributed by atoms with Crippen molar-refractivity contribution in [2.45, 2.75) is 18.9 Å². The third-order valence-electron chi connectivity index (χ3n) is 4.51. The molecule has 7 heteroatoms. The molecule has 1 atom stereocenters. The highest BCUT2D eigenvalue weighted by Crippen LogP contribution is 2.30. The highest BCUT2D eigenvalue weighted by atomic mass is 16.2. The number of piperazine rings is 1. The van der Waals surface area contributed by atoms with Gasteiger partial charge in [0.05, 0.1) is 5.54 Å². The third kappa shape index (κ3) is 2.99. The lowest BCUT2D eigenvalue weighted by Gasteiger charge is -2.43. The van der Waals surface area contributed by atoms with Crippen molar-refractivity contribution in [2.75, 3.05) is 31.5 Å². The van der Waals surface area contributed by atoms with Crippen LogP contribution in [-0.4, -0.2) is 59.4 Å². The van der Waals surface area contributed by atoms with E-state index in [1.165, 1.54) is 6.92 Å². The minimum absolute atomic E-state index is 0.0590. The maximum atomic E-state index is 12.4. The van der Waals surface area contributed by atoms with Crippen molar-refractivity contribution in [2.24, 2.45) is 0 Å². The van der Waals surface area contributed by atoms with E-state index in [2.05, 4.69) is 10.6 Å². The van der Waals surface area contributed by atoms with Crippen molar-refractivity contribution in [3.63, 3.8) is 0 Å². The molecule has 0 aliphatic carbocycles. The number of nitrogens with one attached hydrogen (secondary N) is 2. The molecule has 1 aromatic rings. The Bertz CT molecular complexity index is 633. The van der Waals surface area contributed by atoms with Crippen LogP contribution in [0.3, 0.4) is 0 Å². The molecule has 2 fully saturated rings. The lowest BCUT2D eigenvalue weighted by molar-refractivity contribution is -0.144. The van der Waals surface area contributed by atoms with Crippen molar-refractivity contribution in [1.82, 2.24) is 15.1 Å². The SMILES string of the molecule is CC(=O)N1CC(=O)NCC12CCN(C(=O)Nc1ccccc1)C2. The molecular formula is C16H20N4O3. The number of para-hydroxylation sites is 1. The molecule has 0 saturated carbocycles. The molecule has 2 saturated heterocycles. The number of carbonyl (C=O) groups is 3. The van der Waals surface area contributed by atoms with Gasteiger partial charge in [-0.2, -0.15) is 0 Å². The second kappa shape index (κ2) is 5.91.